The molecule has 0 aliphatic carbocycles. The molecule has 0 saturated carbocycles. The van der Waals surface area contributed by atoms with Gasteiger partial charge in [-0.2, -0.15) is 0 Å². The Labute approximate surface area is 96.6 Å². The first-order valence-corrected chi connectivity index (χ1v) is 5.25. The minimum absolute atomic E-state index is 0.298. The van der Waals surface area contributed by atoms with E-state index in [2.05, 4.69) is 15.6 Å². The maximum absolute atomic E-state index is 11.4. The summed E-state index contributed by atoms with van der Waals surface area (Å²) in [6.45, 7) is 0.387. The van der Waals surface area contributed by atoms with Gasteiger partial charge in [-0.15, -0.1) is 0 Å². The molecule has 1 saturated heterocycles. The Morgan fingerprint density at radius 1 is 1.29 bits per heavy atom. The molecule has 1 aromatic heterocycles. The van der Waals surface area contributed by atoms with Crippen LogP contribution in [-0.2, 0) is 11.3 Å². The van der Waals surface area contributed by atoms with Gasteiger partial charge in [0.2, 0.25) is 0 Å². The number of hydrogen-bond donors (Lipinski definition) is 2. The number of imidazole rings is 1. The van der Waals surface area contributed by atoms with Crippen LogP contribution in [0.15, 0.2) is 30.6 Å². The zero-order chi connectivity index (χ0) is 11.8. The number of imide groups is 1. The summed E-state index contributed by atoms with van der Waals surface area (Å²) in [6.07, 6.45) is 1.67. The normalized spacial score (nSPS) is 19.4. The highest BCUT2D eigenvalue weighted by molar-refractivity contribution is 6.04. The second-order valence-electron chi connectivity index (χ2n) is 3.90. The second-order valence-corrected chi connectivity index (χ2v) is 3.90. The van der Waals surface area contributed by atoms with E-state index in [9.17, 15) is 9.59 Å². The number of hydrogen-bond acceptors (Lipinski definition) is 3. The zero-order valence-electron chi connectivity index (χ0n) is 8.88. The largest absolute Gasteiger partial charge is 0.328 e. The van der Waals surface area contributed by atoms with E-state index < -0.39 is 12.1 Å². The van der Waals surface area contributed by atoms with Crippen molar-refractivity contribution in [3.05, 3.63) is 30.6 Å². The summed E-state index contributed by atoms with van der Waals surface area (Å²) in [6, 6.07) is 6.68. The standard InChI is InChI=1S/C11H10N4O2/c16-10-8(13-11(17)14-10)5-15-6-12-7-3-1-2-4-9(7)15/h1-4,6,8H,5H2,(H2,13,14,16,17). The Kier molecular flexibility index (Phi) is 2.07. The van der Waals surface area contributed by atoms with E-state index in [0.717, 1.165) is 11.0 Å². The Morgan fingerprint density at radius 2 is 2.12 bits per heavy atom. The number of aromatic nitrogens is 2. The highest BCUT2D eigenvalue weighted by Crippen LogP contribution is 2.12. The Hall–Kier alpha value is -2.37. The van der Waals surface area contributed by atoms with Crippen LogP contribution in [0.1, 0.15) is 0 Å². The van der Waals surface area contributed by atoms with Crippen molar-refractivity contribution in [3.8, 4) is 0 Å². The maximum atomic E-state index is 11.4. The van der Waals surface area contributed by atoms with Gasteiger partial charge in [-0.05, 0) is 12.1 Å². The van der Waals surface area contributed by atoms with E-state index in [-0.39, 0.29) is 5.91 Å². The van der Waals surface area contributed by atoms with Crippen LogP contribution < -0.4 is 10.6 Å². The number of fused-ring (bicyclic) bond motifs is 1. The summed E-state index contributed by atoms with van der Waals surface area (Å²) in [4.78, 5) is 26.6. The fourth-order valence-corrected chi connectivity index (χ4v) is 1.94. The van der Waals surface area contributed by atoms with Gasteiger partial charge in [0.05, 0.1) is 23.9 Å². The number of amides is 3. The average molecular weight is 230 g/mol. The lowest BCUT2D eigenvalue weighted by Gasteiger charge is -2.08. The minimum Gasteiger partial charge on any atom is -0.328 e. The number of rotatable bonds is 2. The van der Waals surface area contributed by atoms with Gasteiger partial charge in [-0.3, -0.25) is 10.1 Å². The van der Waals surface area contributed by atoms with E-state index in [1.807, 2.05) is 28.8 Å². The zero-order valence-corrected chi connectivity index (χ0v) is 8.88. The predicted octanol–water partition coefficient (Wildman–Crippen LogP) is 0.244. The number of nitrogens with one attached hydrogen (secondary N) is 2. The molecule has 0 spiro atoms. The first kappa shape index (κ1) is 9.83. The van der Waals surface area contributed by atoms with Crippen LogP contribution in [0.5, 0.6) is 0 Å². The van der Waals surface area contributed by atoms with E-state index in [4.69, 9.17) is 0 Å². The van der Waals surface area contributed by atoms with Crippen LogP contribution >= 0.6 is 0 Å². The molecule has 3 amide bonds. The number of benzene rings is 1. The van der Waals surface area contributed by atoms with Gasteiger partial charge in [0.25, 0.3) is 5.91 Å². The van der Waals surface area contributed by atoms with Crippen LogP contribution in [-0.4, -0.2) is 27.5 Å². The van der Waals surface area contributed by atoms with Crippen molar-refractivity contribution in [1.29, 1.82) is 0 Å². The highest BCUT2D eigenvalue weighted by atomic mass is 16.2. The summed E-state index contributed by atoms with van der Waals surface area (Å²) in [5.74, 6) is -0.298. The molecule has 1 unspecified atom stereocenters. The molecule has 2 aromatic rings. The quantitative estimate of drug-likeness (QED) is 0.726. The van der Waals surface area contributed by atoms with Crippen LogP contribution in [0, 0.1) is 0 Å². The molecule has 17 heavy (non-hydrogen) atoms. The molecule has 6 heteroatoms. The molecule has 3 rings (SSSR count). The molecule has 2 heterocycles. The summed E-state index contributed by atoms with van der Waals surface area (Å²) < 4.78 is 1.85. The monoisotopic (exact) mass is 230 g/mol. The Bertz CT molecular complexity index is 604. The summed E-state index contributed by atoms with van der Waals surface area (Å²) in [5.41, 5.74) is 1.82. The van der Waals surface area contributed by atoms with E-state index in [1.165, 1.54) is 0 Å². The van der Waals surface area contributed by atoms with Gasteiger partial charge < -0.3 is 9.88 Å². The first-order chi connectivity index (χ1) is 8.24. The number of nitrogens with zero attached hydrogens (tertiary/aromatic N) is 2. The van der Waals surface area contributed by atoms with E-state index >= 15 is 0 Å². The summed E-state index contributed by atoms with van der Waals surface area (Å²) >= 11 is 0. The van der Waals surface area contributed by atoms with Crippen LogP contribution in [0.25, 0.3) is 11.0 Å². The molecular weight excluding hydrogens is 220 g/mol. The Balaban J connectivity index is 1.90. The van der Waals surface area contributed by atoms with Crippen molar-refractivity contribution in [1.82, 2.24) is 20.2 Å². The van der Waals surface area contributed by atoms with Gasteiger partial charge in [0.1, 0.15) is 6.04 Å². The third kappa shape index (κ3) is 1.63. The first-order valence-electron chi connectivity index (χ1n) is 5.25. The van der Waals surface area contributed by atoms with Crippen molar-refractivity contribution in [2.45, 2.75) is 12.6 Å². The summed E-state index contributed by atoms with van der Waals surface area (Å²) in [5, 5.41) is 4.76. The molecule has 1 aromatic carbocycles. The molecular formula is C11H10N4O2. The van der Waals surface area contributed by atoms with Crippen molar-refractivity contribution < 1.29 is 9.59 Å². The van der Waals surface area contributed by atoms with E-state index in [0.29, 0.717) is 6.54 Å². The molecule has 1 aliphatic rings. The predicted molar refractivity (Wildman–Crippen MR) is 60.2 cm³/mol. The Morgan fingerprint density at radius 3 is 2.88 bits per heavy atom. The van der Waals surface area contributed by atoms with Crippen molar-refractivity contribution in [2.24, 2.45) is 0 Å². The molecule has 0 radical (unpaired) electrons. The minimum atomic E-state index is -0.528. The van der Waals surface area contributed by atoms with Gasteiger partial charge >= 0.3 is 6.03 Å². The van der Waals surface area contributed by atoms with Crippen LogP contribution in [0.3, 0.4) is 0 Å². The molecule has 0 bridgehead atoms. The lowest BCUT2D eigenvalue weighted by Crippen LogP contribution is -2.33. The summed E-state index contributed by atoms with van der Waals surface area (Å²) in [7, 11) is 0. The lowest BCUT2D eigenvalue weighted by molar-refractivity contribution is -0.120. The second kappa shape index (κ2) is 3.58. The molecule has 2 N–H and O–H groups in total. The van der Waals surface area contributed by atoms with Gasteiger partial charge in [0.15, 0.2) is 0 Å². The van der Waals surface area contributed by atoms with Gasteiger partial charge in [-0.1, -0.05) is 12.1 Å². The van der Waals surface area contributed by atoms with Crippen LogP contribution in [0.4, 0.5) is 4.79 Å². The van der Waals surface area contributed by atoms with Gasteiger partial charge in [0, 0.05) is 0 Å². The third-order valence-electron chi connectivity index (χ3n) is 2.77. The fourth-order valence-electron chi connectivity index (χ4n) is 1.94. The molecule has 86 valence electrons. The topological polar surface area (TPSA) is 76.0 Å². The van der Waals surface area contributed by atoms with E-state index in [1.54, 1.807) is 6.33 Å². The molecule has 6 nitrogen and oxygen atoms in total. The highest BCUT2D eigenvalue weighted by Gasteiger charge is 2.29. The number of carbonyl (C=O) groups excluding carboxylic acids is 2. The van der Waals surface area contributed by atoms with Crippen molar-refractivity contribution in [2.75, 3.05) is 0 Å². The lowest BCUT2D eigenvalue weighted by atomic mass is 10.2. The molecule has 1 atom stereocenters. The number of carbonyl (C=O) groups is 2. The molecule has 1 aliphatic heterocycles. The molecule has 1 fully saturated rings. The fraction of sp³-hybridized carbons (Fsp3) is 0.182. The third-order valence-corrected chi connectivity index (χ3v) is 2.77. The van der Waals surface area contributed by atoms with Crippen molar-refractivity contribution in [3.63, 3.8) is 0 Å². The van der Waals surface area contributed by atoms with Gasteiger partial charge in [-0.25, -0.2) is 9.78 Å². The number of para-hydroxylation sites is 2. The van der Waals surface area contributed by atoms with Crippen LogP contribution in [0.2, 0.25) is 0 Å². The SMILES string of the molecule is O=C1NC(=O)C(Cn2cnc3ccccc32)N1. The average Bonchev–Trinajstić information content (AvgIpc) is 2.85. The smallest absolute Gasteiger partial charge is 0.322 e. The maximum Gasteiger partial charge on any atom is 0.322 e. The van der Waals surface area contributed by atoms with Crippen molar-refractivity contribution >= 4 is 23.0 Å². The number of urea groups is 1.